The van der Waals surface area contributed by atoms with Crippen LogP contribution in [0.15, 0.2) is 37.0 Å². The van der Waals surface area contributed by atoms with Crippen LogP contribution < -0.4 is 0 Å². The van der Waals surface area contributed by atoms with E-state index in [0.29, 0.717) is 0 Å². The van der Waals surface area contributed by atoms with Crippen molar-refractivity contribution in [3.8, 4) is 0 Å². The number of aromatic amines is 1. The number of benzene rings is 1. The third-order valence-electron chi connectivity index (χ3n) is 2.05. The Morgan fingerprint density at radius 1 is 1.42 bits per heavy atom. The summed E-state index contributed by atoms with van der Waals surface area (Å²) in [5.41, 5.74) is 3.49. The molecule has 12 heavy (non-hydrogen) atoms. The van der Waals surface area contributed by atoms with E-state index in [1.807, 2.05) is 25.3 Å². The first-order chi connectivity index (χ1) is 5.79. The molecule has 0 aliphatic carbocycles. The molecule has 1 aromatic carbocycles. The summed E-state index contributed by atoms with van der Waals surface area (Å²) in [4.78, 5) is 3.21. The van der Waals surface area contributed by atoms with Crippen LogP contribution in [0.5, 0.6) is 0 Å². The van der Waals surface area contributed by atoms with Gasteiger partial charge in [0, 0.05) is 24.1 Å². The van der Waals surface area contributed by atoms with E-state index in [2.05, 4.69) is 23.7 Å². The van der Waals surface area contributed by atoms with Crippen LogP contribution in [0.3, 0.4) is 0 Å². The molecular weight excluding hydrogens is 146 g/mol. The van der Waals surface area contributed by atoms with E-state index in [4.69, 9.17) is 0 Å². The second-order valence-corrected chi connectivity index (χ2v) is 3.03. The summed E-state index contributed by atoms with van der Waals surface area (Å²) in [5, 5.41) is 1.25. The molecule has 1 nitrogen and oxygen atoms in total. The maximum atomic E-state index is 3.93. The lowest BCUT2D eigenvalue weighted by Gasteiger charge is -1.94. The van der Waals surface area contributed by atoms with Gasteiger partial charge in [-0.2, -0.15) is 0 Å². The van der Waals surface area contributed by atoms with E-state index in [1.165, 1.54) is 16.5 Å². The smallest absolute Gasteiger partial charge is 0.0460 e. The molecule has 0 aliphatic rings. The van der Waals surface area contributed by atoms with Gasteiger partial charge in [-0.1, -0.05) is 24.8 Å². The van der Waals surface area contributed by atoms with Crippen LogP contribution in [0.2, 0.25) is 0 Å². The predicted molar refractivity (Wildman–Crippen MR) is 55.1 cm³/mol. The fourth-order valence-corrected chi connectivity index (χ4v) is 1.42. The van der Waals surface area contributed by atoms with E-state index in [-0.39, 0.29) is 1.43 Å². The number of H-pyrrole nitrogens is 1. The minimum atomic E-state index is 0. The number of fused-ring (bicyclic) bond motifs is 1. The molecule has 1 N–H and O–H groups in total. The molecule has 0 fully saturated rings. The first kappa shape index (κ1) is 7.17. The summed E-state index contributed by atoms with van der Waals surface area (Å²) in [6.45, 7) is 5.95. The monoisotopic (exact) mass is 159 g/mol. The highest BCUT2D eigenvalue weighted by atomic mass is 14.7. The van der Waals surface area contributed by atoms with Crippen LogP contribution in [0.4, 0.5) is 0 Å². The molecular formula is C11H13N. The lowest BCUT2D eigenvalue weighted by Crippen LogP contribution is -1.71. The molecule has 1 aromatic heterocycles. The van der Waals surface area contributed by atoms with E-state index in [0.717, 1.165) is 5.57 Å². The van der Waals surface area contributed by atoms with Crippen molar-refractivity contribution in [2.45, 2.75) is 6.92 Å². The minimum Gasteiger partial charge on any atom is -0.361 e. The van der Waals surface area contributed by atoms with Crippen molar-refractivity contribution in [1.82, 2.24) is 4.98 Å². The van der Waals surface area contributed by atoms with Gasteiger partial charge in [0.1, 0.15) is 0 Å². The highest BCUT2D eigenvalue weighted by Gasteiger charge is 2.01. The molecule has 0 aliphatic heterocycles. The van der Waals surface area contributed by atoms with Crippen molar-refractivity contribution in [2.24, 2.45) is 0 Å². The average molecular weight is 159 g/mol. The molecule has 0 unspecified atom stereocenters. The van der Waals surface area contributed by atoms with Crippen LogP contribution in [0.1, 0.15) is 13.9 Å². The standard InChI is InChI=1S/C11H11N.H2/c1-8(2)10-7-12-11-6-4-3-5-9(10)11;/h3-7,12H,1H2,2H3;1H. The molecule has 0 spiro atoms. The number of nitrogens with one attached hydrogen (secondary N) is 1. The van der Waals surface area contributed by atoms with Crippen molar-refractivity contribution in [3.05, 3.63) is 42.6 Å². The molecule has 0 saturated heterocycles. The SMILES string of the molecule is C=C(C)c1c[nH]c2ccccc12.[HH]. The molecule has 62 valence electrons. The summed E-state index contributed by atoms with van der Waals surface area (Å²) in [6.07, 6.45) is 2.01. The van der Waals surface area contributed by atoms with Gasteiger partial charge in [-0.05, 0) is 18.6 Å². The average Bonchev–Trinajstić information content (AvgIpc) is 2.47. The zero-order chi connectivity index (χ0) is 8.55. The largest absolute Gasteiger partial charge is 0.361 e. The Bertz CT molecular complexity index is 428. The Hall–Kier alpha value is -1.50. The molecule has 1 heteroatoms. The third kappa shape index (κ3) is 0.944. The van der Waals surface area contributed by atoms with Gasteiger partial charge in [0.05, 0.1) is 0 Å². The number of aromatic nitrogens is 1. The van der Waals surface area contributed by atoms with Crippen LogP contribution in [0.25, 0.3) is 16.5 Å². The van der Waals surface area contributed by atoms with Gasteiger partial charge in [-0.15, -0.1) is 0 Å². The molecule has 2 rings (SSSR count). The Morgan fingerprint density at radius 2 is 2.17 bits per heavy atom. The first-order valence-corrected chi connectivity index (χ1v) is 4.01. The molecule has 0 radical (unpaired) electrons. The Kier molecular flexibility index (Phi) is 1.51. The quantitative estimate of drug-likeness (QED) is 0.656. The van der Waals surface area contributed by atoms with Crippen molar-refractivity contribution < 1.29 is 1.43 Å². The van der Waals surface area contributed by atoms with Crippen molar-refractivity contribution in [2.75, 3.05) is 0 Å². The molecule has 0 bridgehead atoms. The summed E-state index contributed by atoms with van der Waals surface area (Å²) < 4.78 is 0. The molecule has 0 saturated carbocycles. The van der Waals surface area contributed by atoms with E-state index in [1.54, 1.807) is 0 Å². The predicted octanol–water partition coefficient (Wildman–Crippen LogP) is 3.45. The number of rotatable bonds is 1. The van der Waals surface area contributed by atoms with Crippen LogP contribution >= 0.6 is 0 Å². The lowest BCUT2D eigenvalue weighted by atomic mass is 10.1. The highest BCUT2D eigenvalue weighted by Crippen LogP contribution is 2.22. The second-order valence-electron chi connectivity index (χ2n) is 3.03. The van der Waals surface area contributed by atoms with Crippen molar-refractivity contribution >= 4 is 16.5 Å². The van der Waals surface area contributed by atoms with Gasteiger partial charge in [0.2, 0.25) is 0 Å². The summed E-state index contributed by atoms with van der Waals surface area (Å²) in [5.74, 6) is 0. The van der Waals surface area contributed by atoms with Gasteiger partial charge in [-0.25, -0.2) is 0 Å². The van der Waals surface area contributed by atoms with Gasteiger partial charge in [0.15, 0.2) is 0 Å². The van der Waals surface area contributed by atoms with E-state index < -0.39 is 0 Å². The number of allylic oxidation sites excluding steroid dienone is 1. The van der Waals surface area contributed by atoms with Gasteiger partial charge in [-0.3, -0.25) is 0 Å². The fraction of sp³-hybridized carbons (Fsp3) is 0.0909. The summed E-state index contributed by atoms with van der Waals surface area (Å²) in [7, 11) is 0. The van der Waals surface area contributed by atoms with Gasteiger partial charge in [0.25, 0.3) is 0 Å². The zero-order valence-electron chi connectivity index (χ0n) is 7.09. The molecule has 0 atom stereocenters. The van der Waals surface area contributed by atoms with E-state index in [9.17, 15) is 0 Å². The minimum absolute atomic E-state index is 0. The maximum Gasteiger partial charge on any atom is 0.0460 e. The zero-order valence-corrected chi connectivity index (χ0v) is 7.09. The summed E-state index contributed by atoms with van der Waals surface area (Å²) >= 11 is 0. The van der Waals surface area contributed by atoms with E-state index >= 15 is 0 Å². The highest BCUT2D eigenvalue weighted by molar-refractivity contribution is 5.91. The lowest BCUT2D eigenvalue weighted by molar-refractivity contribution is 1.46. The Morgan fingerprint density at radius 3 is 2.92 bits per heavy atom. The van der Waals surface area contributed by atoms with Crippen molar-refractivity contribution in [3.63, 3.8) is 0 Å². The van der Waals surface area contributed by atoms with Crippen LogP contribution in [-0.2, 0) is 0 Å². The number of para-hydroxylation sites is 1. The van der Waals surface area contributed by atoms with Crippen LogP contribution in [-0.4, -0.2) is 4.98 Å². The second kappa shape index (κ2) is 2.52. The Labute approximate surface area is 73.2 Å². The first-order valence-electron chi connectivity index (χ1n) is 4.01. The number of hydrogen-bond acceptors (Lipinski definition) is 0. The molecule has 0 amide bonds. The van der Waals surface area contributed by atoms with Gasteiger partial charge < -0.3 is 4.98 Å². The van der Waals surface area contributed by atoms with Crippen molar-refractivity contribution in [1.29, 1.82) is 0 Å². The fourth-order valence-electron chi connectivity index (χ4n) is 1.42. The Balaban J connectivity index is 0.000000845. The summed E-state index contributed by atoms with van der Waals surface area (Å²) in [6, 6.07) is 8.25. The van der Waals surface area contributed by atoms with Gasteiger partial charge >= 0.3 is 0 Å². The normalized spacial score (nSPS) is 10.4. The molecule has 1 heterocycles. The van der Waals surface area contributed by atoms with Crippen LogP contribution in [0, 0.1) is 0 Å². The topological polar surface area (TPSA) is 15.8 Å². The number of hydrogen-bond donors (Lipinski definition) is 1. The maximum absolute atomic E-state index is 3.93. The third-order valence-corrected chi connectivity index (χ3v) is 2.05. The molecule has 2 aromatic rings.